The Morgan fingerprint density at radius 3 is 2.67 bits per heavy atom. The van der Waals surface area contributed by atoms with Crippen LogP contribution in [0.2, 0.25) is 0 Å². The predicted molar refractivity (Wildman–Crippen MR) is 163 cm³/mol. The summed E-state index contributed by atoms with van der Waals surface area (Å²) in [5.74, 6) is -0.314. The van der Waals surface area contributed by atoms with Gasteiger partial charge in [0.15, 0.2) is 0 Å². The average Bonchev–Trinajstić information content (AvgIpc) is 2.94. The second-order valence-electron chi connectivity index (χ2n) is 10.5. The van der Waals surface area contributed by atoms with Gasteiger partial charge in [-0.05, 0) is 61.1 Å². The lowest BCUT2D eigenvalue weighted by molar-refractivity contribution is 0.102. The minimum atomic E-state index is -2.65. The number of rotatable bonds is 10. The maximum atomic E-state index is 14.0. The van der Waals surface area contributed by atoms with Crippen LogP contribution < -0.4 is 10.6 Å². The van der Waals surface area contributed by atoms with Crippen molar-refractivity contribution in [2.24, 2.45) is 4.99 Å². The zero-order valence-electron chi connectivity index (χ0n) is 23.6. The molecule has 3 atom stereocenters. The van der Waals surface area contributed by atoms with Crippen LogP contribution >= 0.6 is 8.58 Å². The molecule has 2 aliphatic rings. The van der Waals surface area contributed by atoms with Crippen molar-refractivity contribution >= 4 is 26.4 Å². The fraction of sp³-hybridized carbons (Fsp3) is 0.419. The maximum absolute atomic E-state index is 14.0. The number of hydrogen-bond acceptors (Lipinski definition) is 5. The van der Waals surface area contributed by atoms with Crippen LogP contribution in [-0.4, -0.2) is 60.9 Å². The molecule has 3 unspecified atom stereocenters. The van der Waals surface area contributed by atoms with Gasteiger partial charge in [-0.25, -0.2) is 8.78 Å². The molecule has 0 aliphatic carbocycles. The lowest BCUT2D eigenvalue weighted by atomic mass is 10.0. The number of nitrogens with one attached hydrogen (secondary N) is 2. The summed E-state index contributed by atoms with van der Waals surface area (Å²) in [4.78, 5) is 22.1. The topological polar surface area (TPSA) is 60.0 Å². The highest BCUT2D eigenvalue weighted by atomic mass is 31.1. The highest BCUT2D eigenvalue weighted by Crippen LogP contribution is 2.37. The fourth-order valence-electron chi connectivity index (χ4n) is 4.86. The van der Waals surface area contributed by atoms with Crippen molar-refractivity contribution in [1.29, 1.82) is 0 Å². The van der Waals surface area contributed by atoms with Crippen LogP contribution in [-0.2, 0) is 6.54 Å². The SMILES string of the molecule is C=C1PC(NC(C)c2cccc(NC(=O)c3ccc(CN4CCN(C)CC4)c(C(F)F)c3)c2)C=N/C1=C/CCC. The molecule has 6 nitrogen and oxygen atoms in total. The minimum Gasteiger partial charge on any atom is -0.322 e. The van der Waals surface area contributed by atoms with Crippen LogP contribution in [0, 0.1) is 0 Å². The summed E-state index contributed by atoms with van der Waals surface area (Å²) in [7, 11) is 2.57. The Labute approximate surface area is 238 Å². The zero-order valence-corrected chi connectivity index (χ0v) is 24.6. The fourth-order valence-corrected chi connectivity index (χ4v) is 6.03. The number of anilines is 1. The number of alkyl halides is 2. The average molecular weight is 568 g/mol. The van der Waals surface area contributed by atoms with Crippen molar-refractivity contribution in [3.05, 3.63) is 88.4 Å². The van der Waals surface area contributed by atoms with E-state index in [2.05, 4.69) is 59.0 Å². The third-order valence-corrected chi connectivity index (χ3v) is 8.57. The van der Waals surface area contributed by atoms with Gasteiger partial charge in [-0.1, -0.05) is 52.8 Å². The summed E-state index contributed by atoms with van der Waals surface area (Å²) >= 11 is 0. The molecule has 1 amide bonds. The highest BCUT2D eigenvalue weighted by Gasteiger charge is 2.21. The van der Waals surface area contributed by atoms with E-state index in [4.69, 9.17) is 0 Å². The van der Waals surface area contributed by atoms with Gasteiger partial charge in [0.05, 0.1) is 11.5 Å². The molecule has 1 fully saturated rings. The molecular weight excluding hydrogens is 527 g/mol. The van der Waals surface area contributed by atoms with Gasteiger partial charge in [0.1, 0.15) is 0 Å². The number of piperazine rings is 1. The summed E-state index contributed by atoms with van der Waals surface area (Å²) in [6.07, 6.45) is 3.52. The number of halogens is 2. The second kappa shape index (κ2) is 14.2. The summed E-state index contributed by atoms with van der Waals surface area (Å²) in [5, 5.41) is 7.53. The summed E-state index contributed by atoms with van der Waals surface area (Å²) < 4.78 is 27.9. The van der Waals surface area contributed by atoms with Crippen molar-refractivity contribution in [1.82, 2.24) is 15.1 Å². The first kappa shape index (κ1) is 30.2. The Bertz CT molecular complexity index is 1260. The number of unbranched alkanes of at least 4 members (excludes halogenated alkanes) is 1. The van der Waals surface area contributed by atoms with Crippen molar-refractivity contribution in [3.63, 3.8) is 0 Å². The molecule has 2 aromatic carbocycles. The predicted octanol–water partition coefficient (Wildman–Crippen LogP) is 6.56. The minimum absolute atomic E-state index is 0.00840. The molecule has 2 heterocycles. The molecule has 40 heavy (non-hydrogen) atoms. The van der Waals surface area contributed by atoms with Gasteiger partial charge in [0, 0.05) is 61.8 Å². The number of carbonyl (C=O) groups is 1. The first-order valence-corrected chi connectivity index (χ1v) is 15.0. The summed E-state index contributed by atoms with van der Waals surface area (Å²) in [5.41, 5.74) is 3.31. The normalized spacial score (nSPS) is 20.9. The second-order valence-corrected chi connectivity index (χ2v) is 12.0. The molecule has 2 N–H and O–H groups in total. The van der Waals surface area contributed by atoms with E-state index >= 15 is 0 Å². The lowest BCUT2D eigenvalue weighted by Crippen LogP contribution is -2.44. The zero-order chi connectivity index (χ0) is 28.6. The van der Waals surface area contributed by atoms with Crippen LogP contribution in [0.3, 0.4) is 0 Å². The molecule has 0 bridgehead atoms. The largest absolute Gasteiger partial charge is 0.322 e. The number of nitrogens with zero attached hydrogens (tertiary/aromatic N) is 3. The molecule has 0 saturated carbocycles. The third-order valence-electron chi connectivity index (χ3n) is 7.34. The van der Waals surface area contributed by atoms with Crippen LogP contribution in [0.1, 0.15) is 66.2 Å². The van der Waals surface area contributed by atoms with E-state index in [1.54, 1.807) is 18.2 Å². The number of aliphatic imine (C=N–C) groups is 1. The number of carbonyl (C=O) groups excluding carboxylic acids is 1. The van der Waals surface area contributed by atoms with Crippen LogP contribution in [0.25, 0.3) is 0 Å². The van der Waals surface area contributed by atoms with Gasteiger partial charge in [-0.15, -0.1) is 0 Å². The van der Waals surface area contributed by atoms with E-state index in [0.717, 1.165) is 55.6 Å². The van der Waals surface area contributed by atoms with Gasteiger partial charge in [0.2, 0.25) is 0 Å². The van der Waals surface area contributed by atoms with Gasteiger partial charge >= 0.3 is 0 Å². The summed E-state index contributed by atoms with van der Waals surface area (Å²) in [6, 6.07) is 12.2. The molecule has 2 aliphatic heterocycles. The van der Waals surface area contributed by atoms with Crippen molar-refractivity contribution in [2.45, 2.75) is 51.5 Å². The van der Waals surface area contributed by atoms with E-state index < -0.39 is 12.3 Å². The quantitative estimate of drug-likeness (QED) is 0.319. The van der Waals surface area contributed by atoms with Gasteiger partial charge in [0.25, 0.3) is 12.3 Å². The molecule has 9 heteroatoms. The van der Waals surface area contributed by atoms with Crippen molar-refractivity contribution in [2.75, 3.05) is 38.5 Å². The number of likely N-dealkylation sites (N-methyl/N-ethyl adjacent to an activating group) is 1. The Hall–Kier alpha value is -2.77. The van der Waals surface area contributed by atoms with Gasteiger partial charge < -0.3 is 10.2 Å². The lowest BCUT2D eigenvalue weighted by Gasteiger charge is -2.32. The third kappa shape index (κ3) is 8.14. The Balaban J connectivity index is 1.40. The first-order valence-electron chi connectivity index (χ1n) is 13.9. The molecule has 1 saturated heterocycles. The summed E-state index contributed by atoms with van der Waals surface area (Å²) in [6.45, 7) is 12.4. The van der Waals surface area contributed by atoms with Crippen LogP contribution in [0.4, 0.5) is 14.5 Å². The molecule has 0 aromatic heterocycles. The molecule has 214 valence electrons. The highest BCUT2D eigenvalue weighted by molar-refractivity contribution is 7.45. The monoisotopic (exact) mass is 567 g/mol. The molecular formula is C31H40F2N5OP. The van der Waals surface area contributed by atoms with Gasteiger partial charge in [-0.2, -0.15) is 0 Å². The van der Waals surface area contributed by atoms with Crippen molar-refractivity contribution < 1.29 is 13.6 Å². The Morgan fingerprint density at radius 1 is 1.20 bits per heavy atom. The van der Waals surface area contributed by atoms with Gasteiger partial charge in [-0.3, -0.25) is 20.0 Å². The molecule has 4 rings (SSSR count). The number of benzene rings is 2. The van der Waals surface area contributed by atoms with E-state index in [1.807, 2.05) is 24.4 Å². The smallest absolute Gasteiger partial charge is 0.264 e. The number of amides is 1. The standard InChI is InChI=1S/C31H40F2N5OP/c1-5-6-10-28-22(3)40-29(19-34-28)35-21(2)23-8-7-9-26(17-23)36-31(39)24-11-12-25(27(18-24)30(32)33)20-38-15-13-37(4)14-16-38/h7-12,17-19,21,29-30,35,40H,3,5-6,13-16,20H2,1-2,4H3,(H,36,39)/b28-10+. The number of allylic oxidation sites excluding steroid dienone is 2. The maximum Gasteiger partial charge on any atom is 0.264 e. The number of hydrogen-bond donors (Lipinski definition) is 2. The first-order chi connectivity index (χ1) is 19.2. The molecule has 0 radical (unpaired) electrons. The Kier molecular flexibility index (Phi) is 10.7. The van der Waals surface area contributed by atoms with E-state index in [-0.39, 0.29) is 23.0 Å². The van der Waals surface area contributed by atoms with Crippen LogP contribution in [0.15, 0.2) is 71.1 Å². The van der Waals surface area contributed by atoms with Crippen LogP contribution in [0.5, 0.6) is 0 Å². The van der Waals surface area contributed by atoms with E-state index in [1.165, 1.54) is 6.07 Å². The van der Waals surface area contributed by atoms with E-state index in [9.17, 15) is 13.6 Å². The van der Waals surface area contributed by atoms with E-state index in [0.29, 0.717) is 26.4 Å². The molecule has 0 spiro atoms. The Morgan fingerprint density at radius 2 is 1.98 bits per heavy atom. The van der Waals surface area contributed by atoms with Crippen molar-refractivity contribution in [3.8, 4) is 0 Å². The molecule has 2 aromatic rings.